The molecule has 2 nitrogen and oxygen atoms in total. The molecule has 1 aromatic carbocycles. The van der Waals surface area contributed by atoms with E-state index in [4.69, 9.17) is 11.0 Å². The van der Waals surface area contributed by atoms with Gasteiger partial charge in [0.2, 0.25) is 0 Å². The first-order valence-corrected chi connectivity index (χ1v) is 4.25. The Labute approximate surface area is 85.1 Å². The molecule has 1 rings (SSSR count). The Morgan fingerprint density at radius 2 is 1.93 bits per heavy atom. The molecule has 0 aromatic heterocycles. The van der Waals surface area contributed by atoms with Crippen LogP contribution in [0.4, 0.5) is 13.2 Å². The highest BCUT2D eigenvalue weighted by Gasteiger charge is 2.36. The van der Waals surface area contributed by atoms with E-state index in [1.807, 2.05) is 6.07 Å². The number of halogens is 3. The smallest absolute Gasteiger partial charge is 0.320 e. The van der Waals surface area contributed by atoms with Crippen LogP contribution >= 0.6 is 0 Å². The molecule has 15 heavy (non-hydrogen) atoms. The van der Waals surface area contributed by atoms with E-state index in [-0.39, 0.29) is 12.0 Å². The van der Waals surface area contributed by atoms with Crippen molar-refractivity contribution in [3.63, 3.8) is 0 Å². The fraction of sp³-hybridized carbons (Fsp3) is 0.300. The van der Waals surface area contributed by atoms with Crippen LogP contribution in [-0.2, 0) is 6.42 Å². The molecule has 0 heterocycles. The zero-order valence-corrected chi connectivity index (χ0v) is 7.75. The van der Waals surface area contributed by atoms with Gasteiger partial charge in [-0.3, -0.25) is 0 Å². The minimum atomic E-state index is -4.43. The van der Waals surface area contributed by atoms with Crippen LogP contribution < -0.4 is 5.73 Å². The van der Waals surface area contributed by atoms with Gasteiger partial charge in [0.25, 0.3) is 0 Å². The van der Waals surface area contributed by atoms with Gasteiger partial charge in [-0.05, 0) is 18.1 Å². The number of alkyl halides is 3. The van der Waals surface area contributed by atoms with E-state index in [1.165, 1.54) is 12.1 Å². The van der Waals surface area contributed by atoms with Crippen LogP contribution in [0.3, 0.4) is 0 Å². The Bertz CT molecular complexity index is 379. The molecule has 1 aromatic rings. The van der Waals surface area contributed by atoms with Gasteiger partial charge in [0, 0.05) is 0 Å². The highest BCUT2D eigenvalue weighted by atomic mass is 19.4. The van der Waals surface area contributed by atoms with Gasteiger partial charge in [-0.1, -0.05) is 18.2 Å². The van der Waals surface area contributed by atoms with Gasteiger partial charge in [-0.15, -0.1) is 0 Å². The average Bonchev–Trinajstić information content (AvgIpc) is 2.17. The Hall–Kier alpha value is -1.54. The predicted octanol–water partition coefficient (Wildman–Crippen LogP) is 1.99. The normalized spacial score (nSPS) is 13.3. The van der Waals surface area contributed by atoms with E-state index in [1.54, 1.807) is 12.1 Å². The minimum Gasteiger partial charge on any atom is -0.320 e. The summed E-state index contributed by atoms with van der Waals surface area (Å²) in [6, 6.07) is 6.03. The molecule has 0 aliphatic carbocycles. The first-order valence-electron chi connectivity index (χ1n) is 4.25. The highest BCUT2D eigenvalue weighted by molar-refractivity contribution is 5.37. The van der Waals surface area contributed by atoms with Crippen molar-refractivity contribution in [3.05, 3.63) is 35.4 Å². The van der Waals surface area contributed by atoms with E-state index in [2.05, 4.69) is 0 Å². The summed E-state index contributed by atoms with van der Waals surface area (Å²) < 4.78 is 36.5. The monoisotopic (exact) mass is 214 g/mol. The number of rotatable bonds is 2. The fourth-order valence-corrected chi connectivity index (χ4v) is 1.16. The first-order chi connectivity index (χ1) is 6.95. The van der Waals surface area contributed by atoms with Crippen molar-refractivity contribution in [1.82, 2.24) is 0 Å². The average molecular weight is 214 g/mol. The van der Waals surface area contributed by atoms with Gasteiger partial charge >= 0.3 is 6.18 Å². The van der Waals surface area contributed by atoms with E-state index < -0.39 is 12.2 Å². The van der Waals surface area contributed by atoms with Crippen LogP contribution in [0.15, 0.2) is 24.3 Å². The van der Waals surface area contributed by atoms with Crippen molar-refractivity contribution >= 4 is 0 Å². The molecule has 0 fully saturated rings. The largest absolute Gasteiger partial charge is 0.403 e. The number of benzene rings is 1. The van der Waals surface area contributed by atoms with E-state index in [0.29, 0.717) is 5.56 Å². The van der Waals surface area contributed by atoms with Gasteiger partial charge in [0.15, 0.2) is 0 Å². The zero-order valence-electron chi connectivity index (χ0n) is 7.75. The summed E-state index contributed by atoms with van der Waals surface area (Å²) >= 11 is 0. The van der Waals surface area contributed by atoms with E-state index >= 15 is 0 Å². The van der Waals surface area contributed by atoms with Crippen LogP contribution in [-0.4, -0.2) is 12.2 Å². The lowest BCUT2D eigenvalue weighted by molar-refractivity contribution is -0.147. The molecule has 0 saturated heterocycles. The fourth-order valence-electron chi connectivity index (χ4n) is 1.16. The summed E-state index contributed by atoms with van der Waals surface area (Å²) in [5.41, 5.74) is 5.53. The Kier molecular flexibility index (Phi) is 3.32. The second kappa shape index (κ2) is 4.32. The molecule has 80 valence electrons. The molecule has 0 radical (unpaired) electrons. The number of nitrogens with two attached hydrogens (primary N) is 1. The summed E-state index contributed by atoms with van der Waals surface area (Å²) in [5.74, 6) is 0. The molecule has 5 heteroatoms. The molecule has 1 unspecified atom stereocenters. The van der Waals surface area contributed by atoms with Crippen LogP contribution in [0, 0.1) is 11.3 Å². The van der Waals surface area contributed by atoms with Gasteiger partial charge in [0.1, 0.15) is 6.04 Å². The number of nitrogens with zero attached hydrogens (tertiary/aromatic N) is 1. The van der Waals surface area contributed by atoms with Crippen molar-refractivity contribution in [1.29, 1.82) is 5.26 Å². The summed E-state index contributed by atoms with van der Waals surface area (Å²) in [6.45, 7) is 0. The van der Waals surface area contributed by atoms with Crippen LogP contribution in [0.5, 0.6) is 0 Å². The van der Waals surface area contributed by atoms with Crippen molar-refractivity contribution in [2.24, 2.45) is 5.73 Å². The van der Waals surface area contributed by atoms with E-state index in [0.717, 1.165) is 0 Å². The molecule has 0 saturated carbocycles. The second-order valence-electron chi connectivity index (χ2n) is 3.12. The first kappa shape index (κ1) is 11.5. The lowest BCUT2D eigenvalue weighted by Crippen LogP contribution is -2.39. The van der Waals surface area contributed by atoms with Crippen molar-refractivity contribution in [3.8, 4) is 6.07 Å². The Balaban J connectivity index is 2.86. The highest BCUT2D eigenvalue weighted by Crippen LogP contribution is 2.22. The van der Waals surface area contributed by atoms with Gasteiger partial charge in [-0.25, -0.2) is 0 Å². The zero-order chi connectivity index (χ0) is 11.5. The summed E-state index contributed by atoms with van der Waals surface area (Å²) in [7, 11) is 0. The Morgan fingerprint density at radius 1 is 1.33 bits per heavy atom. The predicted molar refractivity (Wildman–Crippen MR) is 48.9 cm³/mol. The molecule has 0 aliphatic rings. The van der Waals surface area contributed by atoms with Crippen LogP contribution in [0.2, 0.25) is 0 Å². The number of hydrogen-bond donors (Lipinski definition) is 1. The van der Waals surface area contributed by atoms with Gasteiger partial charge < -0.3 is 5.73 Å². The van der Waals surface area contributed by atoms with Crippen molar-refractivity contribution in [2.75, 3.05) is 0 Å². The maximum atomic E-state index is 12.2. The third kappa shape index (κ3) is 2.96. The van der Waals surface area contributed by atoms with Crippen LogP contribution in [0.25, 0.3) is 0 Å². The number of hydrogen-bond acceptors (Lipinski definition) is 2. The van der Waals surface area contributed by atoms with E-state index in [9.17, 15) is 13.2 Å². The van der Waals surface area contributed by atoms with Crippen molar-refractivity contribution < 1.29 is 13.2 Å². The summed E-state index contributed by atoms with van der Waals surface area (Å²) in [6.07, 6.45) is -4.80. The minimum absolute atomic E-state index is 0.234. The third-order valence-corrected chi connectivity index (χ3v) is 2.00. The van der Waals surface area contributed by atoms with Gasteiger partial charge in [-0.2, -0.15) is 18.4 Å². The molecule has 0 aliphatic heterocycles. The standard InChI is InChI=1S/C10H9F3N2/c11-10(12,13)9(15)5-7-3-1-2-4-8(7)6-14/h1-4,9H,5,15H2. The Morgan fingerprint density at radius 3 is 2.47 bits per heavy atom. The summed E-state index contributed by atoms with van der Waals surface area (Å²) in [5, 5.41) is 8.66. The SMILES string of the molecule is N#Cc1ccccc1CC(N)C(F)(F)F. The molecular formula is C10H9F3N2. The molecule has 2 N–H and O–H groups in total. The maximum absolute atomic E-state index is 12.2. The molecule has 0 spiro atoms. The van der Waals surface area contributed by atoms with Crippen molar-refractivity contribution in [2.45, 2.75) is 18.6 Å². The molecular weight excluding hydrogens is 205 g/mol. The van der Waals surface area contributed by atoms with Gasteiger partial charge in [0.05, 0.1) is 11.6 Å². The second-order valence-corrected chi connectivity index (χ2v) is 3.12. The topological polar surface area (TPSA) is 49.8 Å². The lowest BCUT2D eigenvalue weighted by Gasteiger charge is -2.15. The molecule has 1 atom stereocenters. The lowest BCUT2D eigenvalue weighted by atomic mass is 10.0. The van der Waals surface area contributed by atoms with Crippen LogP contribution in [0.1, 0.15) is 11.1 Å². The number of nitriles is 1. The molecule has 0 bridgehead atoms. The summed E-state index contributed by atoms with van der Waals surface area (Å²) in [4.78, 5) is 0. The molecule has 0 amide bonds. The third-order valence-electron chi connectivity index (χ3n) is 2.00. The quantitative estimate of drug-likeness (QED) is 0.818. The maximum Gasteiger partial charge on any atom is 0.403 e.